The summed E-state index contributed by atoms with van der Waals surface area (Å²) in [6.45, 7) is 0.871. The number of aromatic amines is 1. The molecule has 158 valence electrons. The fourth-order valence-corrected chi connectivity index (χ4v) is 3.71. The van der Waals surface area contributed by atoms with Crippen LogP contribution in [0, 0.1) is 6.92 Å². The van der Waals surface area contributed by atoms with Crippen molar-refractivity contribution in [1.29, 1.82) is 0 Å². The van der Waals surface area contributed by atoms with Crippen molar-refractivity contribution in [3.8, 4) is 5.75 Å². The molecule has 30 heavy (non-hydrogen) atoms. The van der Waals surface area contributed by atoms with E-state index in [9.17, 15) is 13.6 Å². The Morgan fingerprint density at radius 1 is 1.20 bits per heavy atom. The SMILES string of the molecule is Cc1[nH]c(SCC(=O)NC(C)c2cccc(OC(F)F)c2)nc1Cc1ccccc1. The molecule has 1 atom stereocenters. The standard InChI is InChI=1S/C22H23F2N3O2S/c1-14(17-9-6-10-18(12-17)29-21(23)24)25-20(28)13-30-22-26-15(2)19(27-22)11-16-7-4-3-5-8-16/h3-10,12,14,21H,11,13H2,1-2H3,(H,25,28)(H,26,27). The van der Waals surface area contributed by atoms with Crippen molar-refractivity contribution < 1.29 is 18.3 Å². The number of rotatable bonds is 9. The maximum Gasteiger partial charge on any atom is 0.387 e. The molecule has 3 rings (SSSR count). The minimum atomic E-state index is -2.88. The highest BCUT2D eigenvalue weighted by molar-refractivity contribution is 7.99. The van der Waals surface area contributed by atoms with Crippen LogP contribution in [0.3, 0.4) is 0 Å². The zero-order valence-corrected chi connectivity index (χ0v) is 17.5. The number of thioether (sulfide) groups is 1. The summed E-state index contributed by atoms with van der Waals surface area (Å²) in [5.41, 5.74) is 3.79. The predicted octanol–water partition coefficient (Wildman–Crippen LogP) is 4.88. The monoisotopic (exact) mass is 431 g/mol. The van der Waals surface area contributed by atoms with Crippen molar-refractivity contribution in [3.05, 3.63) is 77.1 Å². The topological polar surface area (TPSA) is 67.0 Å². The Bertz CT molecular complexity index is 980. The molecule has 1 amide bonds. The molecule has 3 aromatic rings. The van der Waals surface area contributed by atoms with Crippen LogP contribution < -0.4 is 10.1 Å². The number of imidazole rings is 1. The molecule has 5 nitrogen and oxygen atoms in total. The molecule has 8 heteroatoms. The average molecular weight is 432 g/mol. The van der Waals surface area contributed by atoms with Gasteiger partial charge in [0.1, 0.15) is 5.75 Å². The minimum Gasteiger partial charge on any atom is -0.435 e. The first-order valence-electron chi connectivity index (χ1n) is 9.47. The fraction of sp³-hybridized carbons (Fsp3) is 0.273. The first kappa shape index (κ1) is 21.8. The van der Waals surface area contributed by atoms with Crippen LogP contribution in [-0.4, -0.2) is 28.2 Å². The number of benzene rings is 2. The van der Waals surface area contributed by atoms with Crippen molar-refractivity contribution in [2.45, 2.75) is 38.1 Å². The van der Waals surface area contributed by atoms with Gasteiger partial charge in [0.2, 0.25) is 5.91 Å². The molecule has 1 heterocycles. The van der Waals surface area contributed by atoms with E-state index in [1.54, 1.807) is 19.1 Å². The number of H-pyrrole nitrogens is 1. The van der Waals surface area contributed by atoms with Gasteiger partial charge in [0.15, 0.2) is 5.16 Å². The maximum absolute atomic E-state index is 12.4. The van der Waals surface area contributed by atoms with Crippen molar-refractivity contribution >= 4 is 17.7 Å². The molecule has 0 aliphatic carbocycles. The first-order chi connectivity index (χ1) is 14.4. The van der Waals surface area contributed by atoms with Crippen LogP contribution in [0.15, 0.2) is 59.8 Å². The van der Waals surface area contributed by atoms with Crippen LogP contribution in [0.25, 0.3) is 0 Å². The van der Waals surface area contributed by atoms with Gasteiger partial charge in [0, 0.05) is 12.1 Å². The number of carbonyl (C=O) groups is 1. The number of hydrogen-bond acceptors (Lipinski definition) is 4. The molecular weight excluding hydrogens is 408 g/mol. The second-order valence-corrected chi connectivity index (χ2v) is 7.77. The molecular formula is C22H23F2N3O2S. The number of hydrogen-bond donors (Lipinski definition) is 2. The fourth-order valence-electron chi connectivity index (χ4n) is 2.96. The van der Waals surface area contributed by atoms with E-state index in [-0.39, 0.29) is 23.5 Å². The molecule has 0 fully saturated rings. The molecule has 0 aliphatic heterocycles. The van der Waals surface area contributed by atoms with E-state index in [2.05, 4.69) is 32.2 Å². The van der Waals surface area contributed by atoms with Crippen LogP contribution in [0.5, 0.6) is 5.75 Å². The van der Waals surface area contributed by atoms with E-state index in [4.69, 9.17) is 0 Å². The molecule has 1 unspecified atom stereocenters. The van der Waals surface area contributed by atoms with Crippen molar-refractivity contribution in [2.75, 3.05) is 5.75 Å². The number of aromatic nitrogens is 2. The summed E-state index contributed by atoms with van der Waals surface area (Å²) < 4.78 is 29.2. The molecule has 0 radical (unpaired) electrons. The number of nitrogens with one attached hydrogen (secondary N) is 2. The lowest BCUT2D eigenvalue weighted by atomic mass is 10.1. The Kier molecular flexibility index (Phi) is 7.46. The first-order valence-corrected chi connectivity index (χ1v) is 10.5. The summed E-state index contributed by atoms with van der Waals surface area (Å²) in [5, 5.41) is 3.55. The lowest BCUT2D eigenvalue weighted by Crippen LogP contribution is -2.28. The van der Waals surface area contributed by atoms with Crippen LogP contribution >= 0.6 is 11.8 Å². The minimum absolute atomic E-state index is 0.0648. The van der Waals surface area contributed by atoms with E-state index in [0.717, 1.165) is 17.8 Å². The van der Waals surface area contributed by atoms with Gasteiger partial charge in [0.05, 0.1) is 17.5 Å². The van der Waals surface area contributed by atoms with Gasteiger partial charge in [-0.3, -0.25) is 4.79 Å². The molecule has 0 saturated heterocycles. The highest BCUT2D eigenvalue weighted by atomic mass is 32.2. The maximum atomic E-state index is 12.4. The Labute approximate surface area is 178 Å². The third-order valence-electron chi connectivity index (χ3n) is 4.48. The van der Waals surface area contributed by atoms with E-state index >= 15 is 0 Å². The second kappa shape index (κ2) is 10.2. The molecule has 1 aromatic heterocycles. The highest BCUT2D eigenvalue weighted by Crippen LogP contribution is 2.22. The number of aryl methyl sites for hydroxylation is 1. The van der Waals surface area contributed by atoms with E-state index < -0.39 is 6.61 Å². The van der Waals surface area contributed by atoms with Gasteiger partial charge in [-0.1, -0.05) is 54.2 Å². The van der Waals surface area contributed by atoms with Crippen LogP contribution in [-0.2, 0) is 11.2 Å². The number of halogens is 2. The van der Waals surface area contributed by atoms with Crippen LogP contribution in [0.4, 0.5) is 8.78 Å². The Balaban J connectivity index is 1.53. The van der Waals surface area contributed by atoms with Gasteiger partial charge in [0.25, 0.3) is 0 Å². The average Bonchev–Trinajstić information content (AvgIpc) is 3.06. The highest BCUT2D eigenvalue weighted by Gasteiger charge is 2.14. The summed E-state index contributed by atoms with van der Waals surface area (Å²) in [5.74, 6) is 0.0799. The summed E-state index contributed by atoms with van der Waals surface area (Å²) in [4.78, 5) is 20.1. The van der Waals surface area contributed by atoms with Gasteiger partial charge in [-0.25, -0.2) is 4.98 Å². The quantitative estimate of drug-likeness (QED) is 0.474. The van der Waals surface area contributed by atoms with Gasteiger partial charge in [-0.15, -0.1) is 0 Å². The molecule has 0 aliphatic rings. The van der Waals surface area contributed by atoms with E-state index in [1.165, 1.54) is 29.5 Å². The Hall–Kier alpha value is -2.87. The Morgan fingerprint density at radius 2 is 1.97 bits per heavy atom. The molecule has 0 bridgehead atoms. The number of ether oxygens (including phenoxy) is 1. The molecule has 0 saturated carbocycles. The van der Waals surface area contributed by atoms with E-state index in [1.807, 2.05) is 25.1 Å². The van der Waals surface area contributed by atoms with Crippen molar-refractivity contribution in [3.63, 3.8) is 0 Å². The number of alkyl halides is 2. The number of carbonyl (C=O) groups excluding carboxylic acids is 1. The third kappa shape index (κ3) is 6.32. The zero-order valence-electron chi connectivity index (χ0n) is 16.7. The molecule has 2 N–H and O–H groups in total. The second-order valence-electron chi connectivity index (χ2n) is 6.80. The third-order valence-corrected chi connectivity index (χ3v) is 5.35. The van der Waals surface area contributed by atoms with Crippen molar-refractivity contribution in [2.24, 2.45) is 0 Å². The van der Waals surface area contributed by atoms with Gasteiger partial charge >= 0.3 is 6.61 Å². The lowest BCUT2D eigenvalue weighted by molar-refractivity contribution is -0.119. The summed E-state index contributed by atoms with van der Waals surface area (Å²) in [6.07, 6.45) is 0.726. The van der Waals surface area contributed by atoms with Crippen molar-refractivity contribution in [1.82, 2.24) is 15.3 Å². The van der Waals surface area contributed by atoms with Crippen LogP contribution in [0.1, 0.15) is 35.5 Å². The number of amides is 1. The van der Waals surface area contributed by atoms with Crippen LogP contribution in [0.2, 0.25) is 0 Å². The zero-order chi connectivity index (χ0) is 21.5. The lowest BCUT2D eigenvalue weighted by Gasteiger charge is -2.15. The summed E-state index contributed by atoms with van der Waals surface area (Å²) >= 11 is 1.32. The van der Waals surface area contributed by atoms with Gasteiger partial charge < -0.3 is 15.0 Å². The molecule has 0 spiro atoms. The smallest absolute Gasteiger partial charge is 0.387 e. The number of nitrogens with zero attached hydrogens (tertiary/aromatic N) is 1. The summed E-state index contributed by atoms with van der Waals surface area (Å²) in [7, 11) is 0. The molecule has 2 aromatic carbocycles. The normalized spacial score (nSPS) is 12.0. The largest absolute Gasteiger partial charge is 0.435 e. The summed E-state index contributed by atoms with van der Waals surface area (Å²) in [6, 6.07) is 16.0. The van der Waals surface area contributed by atoms with E-state index in [0.29, 0.717) is 10.7 Å². The Morgan fingerprint density at radius 3 is 2.70 bits per heavy atom. The van der Waals surface area contributed by atoms with Gasteiger partial charge in [-0.05, 0) is 37.1 Å². The van der Waals surface area contributed by atoms with Gasteiger partial charge in [-0.2, -0.15) is 8.78 Å². The predicted molar refractivity (Wildman–Crippen MR) is 113 cm³/mol.